The first kappa shape index (κ1) is 32.9. The van der Waals surface area contributed by atoms with E-state index in [-0.39, 0.29) is 30.8 Å². The number of hydrogen-bond donors (Lipinski definition) is 5. The molecule has 0 bridgehead atoms. The lowest BCUT2D eigenvalue weighted by Gasteiger charge is -2.38. The van der Waals surface area contributed by atoms with Crippen molar-refractivity contribution in [2.75, 3.05) is 27.4 Å². The Balaban J connectivity index is 1.45. The number of carboxylic acid groups (broad SMARTS) is 1. The Kier molecular flexibility index (Phi) is 9.23. The highest BCUT2D eigenvalue weighted by molar-refractivity contribution is 5.75. The predicted octanol–water partition coefficient (Wildman–Crippen LogP) is 3.37. The summed E-state index contributed by atoms with van der Waals surface area (Å²) in [5, 5.41) is 51.1. The Labute approximate surface area is 272 Å². The molecule has 0 saturated carbocycles. The van der Waals surface area contributed by atoms with Gasteiger partial charge in [-0.15, -0.1) is 0 Å². The van der Waals surface area contributed by atoms with Crippen LogP contribution in [0.25, 0.3) is 11.1 Å². The molecule has 1 saturated heterocycles. The molecule has 0 amide bonds. The molecule has 0 spiro atoms. The number of fused-ring (bicyclic) bond motifs is 5. The molecule has 3 aromatic carbocycles. The average molecular weight is 653 g/mol. The van der Waals surface area contributed by atoms with Gasteiger partial charge in [-0.1, -0.05) is 44.2 Å². The first-order valence-electron chi connectivity index (χ1n) is 15.6. The van der Waals surface area contributed by atoms with Crippen LogP contribution >= 0.6 is 0 Å². The first-order valence-corrected chi connectivity index (χ1v) is 15.6. The number of aliphatic hydroxyl groups is 4. The minimum atomic E-state index is -1.85. The predicted molar refractivity (Wildman–Crippen MR) is 167 cm³/mol. The maximum Gasteiger partial charge on any atom is 0.335 e. The molecular weight excluding hydrogens is 612 g/mol. The average Bonchev–Trinajstić information content (AvgIpc) is 3.46. The SMILES string of the molecule is COc1cc([C@H](CO)CC(C)C)c2c(c1OC)O[C@H]1c3c(cc(O[C@@H]4O[C@H](C(=O)O)[C@@H](O)[C@H](O)[C@H]4O)cc3-c3ccccc3)OC[C@@H]21. The van der Waals surface area contributed by atoms with E-state index in [1.54, 1.807) is 26.4 Å². The smallest absolute Gasteiger partial charge is 0.335 e. The topological polar surface area (TPSA) is 174 Å². The molecule has 0 radical (unpaired) electrons. The molecule has 12 nitrogen and oxygen atoms in total. The van der Waals surface area contributed by atoms with E-state index in [0.717, 1.165) is 28.7 Å². The molecule has 0 aliphatic carbocycles. The van der Waals surface area contributed by atoms with Gasteiger partial charge in [0.1, 0.15) is 35.9 Å². The standard InChI is InChI=1S/C35H40O12/c1-16(2)10-18(14-36)21-13-24(42-3)31(43-4)32-25(21)22-15-44-23-12-19(45-35-29(39)27(37)28(38)33(47-35)34(40)41)11-20(26(23)30(22)46-32)17-8-6-5-7-9-17/h5-9,11-13,16,18,22,27-30,33,35-39H,10,14-15H2,1-4H3,(H,40,41)/t18-,22-,27-,28-,29+,30+,33-,35+/m0/s1. The van der Waals surface area contributed by atoms with Crippen LogP contribution in [0.15, 0.2) is 48.5 Å². The molecule has 6 rings (SSSR count). The van der Waals surface area contributed by atoms with Crippen molar-refractivity contribution >= 4 is 5.97 Å². The van der Waals surface area contributed by atoms with Crippen LogP contribution in [0.3, 0.4) is 0 Å². The molecule has 3 heterocycles. The fraction of sp³-hybridized carbons (Fsp3) is 0.457. The number of rotatable bonds is 10. The molecule has 0 aromatic heterocycles. The summed E-state index contributed by atoms with van der Waals surface area (Å²) in [5.41, 5.74) is 4.03. The van der Waals surface area contributed by atoms with Crippen LogP contribution in [-0.2, 0) is 9.53 Å². The van der Waals surface area contributed by atoms with Crippen molar-refractivity contribution < 1.29 is 58.7 Å². The highest BCUT2D eigenvalue weighted by Gasteiger charge is 2.49. The summed E-state index contributed by atoms with van der Waals surface area (Å²) in [7, 11) is 3.11. The summed E-state index contributed by atoms with van der Waals surface area (Å²) in [5.74, 6) is 0.442. The lowest BCUT2D eigenvalue weighted by molar-refractivity contribution is -0.271. The van der Waals surface area contributed by atoms with Crippen molar-refractivity contribution in [3.8, 4) is 39.9 Å². The van der Waals surface area contributed by atoms with Gasteiger partial charge < -0.3 is 54.0 Å². The summed E-state index contributed by atoms with van der Waals surface area (Å²) in [4.78, 5) is 11.7. The second-order valence-corrected chi connectivity index (χ2v) is 12.5. The third kappa shape index (κ3) is 5.85. The molecule has 0 unspecified atom stereocenters. The van der Waals surface area contributed by atoms with Gasteiger partial charge >= 0.3 is 5.97 Å². The maximum atomic E-state index is 11.7. The van der Waals surface area contributed by atoms with Crippen LogP contribution < -0.4 is 23.7 Å². The zero-order valence-corrected chi connectivity index (χ0v) is 26.5. The summed E-state index contributed by atoms with van der Waals surface area (Å²) in [6, 6.07) is 14.7. The zero-order chi connectivity index (χ0) is 33.6. The molecule has 47 heavy (non-hydrogen) atoms. The fourth-order valence-corrected chi connectivity index (χ4v) is 6.89. The van der Waals surface area contributed by atoms with E-state index in [2.05, 4.69) is 13.8 Å². The van der Waals surface area contributed by atoms with Crippen LogP contribution in [0.2, 0.25) is 0 Å². The van der Waals surface area contributed by atoms with Crippen LogP contribution in [0.4, 0.5) is 0 Å². The fourth-order valence-electron chi connectivity index (χ4n) is 6.89. The van der Waals surface area contributed by atoms with Gasteiger partial charge in [0.15, 0.2) is 17.6 Å². The van der Waals surface area contributed by atoms with Gasteiger partial charge in [0.2, 0.25) is 12.0 Å². The van der Waals surface area contributed by atoms with Crippen LogP contribution in [0.1, 0.15) is 54.9 Å². The molecule has 3 aromatic rings. The number of ether oxygens (including phenoxy) is 6. The van der Waals surface area contributed by atoms with Gasteiger partial charge in [-0.3, -0.25) is 0 Å². The van der Waals surface area contributed by atoms with Gasteiger partial charge in [0, 0.05) is 29.7 Å². The number of methoxy groups -OCH3 is 2. The van der Waals surface area contributed by atoms with Crippen LogP contribution in [-0.4, -0.2) is 89.6 Å². The van der Waals surface area contributed by atoms with Crippen molar-refractivity contribution in [1.29, 1.82) is 0 Å². The van der Waals surface area contributed by atoms with Crippen molar-refractivity contribution in [1.82, 2.24) is 0 Å². The highest BCUT2D eigenvalue weighted by Crippen LogP contribution is 2.60. The Bertz CT molecular complexity index is 1610. The molecule has 3 aliphatic heterocycles. The largest absolute Gasteiger partial charge is 0.493 e. The Morgan fingerprint density at radius 2 is 1.72 bits per heavy atom. The maximum absolute atomic E-state index is 11.7. The minimum absolute atomic E-state index is 0.0611. The molecule has 5 N–H and O–H groups in total. The Morgan fingerprint density at radius 1 is 0.979 bits per heavy atom. The second-order valence-electron chi connectivity index (χ2n) is 12.5. The third-order valence-electron chi connectivity index (χ3n) is 9.06. The third-order valence-corrected chi connectivity index (χ3v) is 9.06. The monoisotopic (exact) mass is 652 g/mol. The second kappa shape index (κ2) is 13.2. The van der Waals surface area contributed by atoms with Crippen molar-refractivity contribution in [3.05, 3.63) is 65.2 Å². The van der Waals surface area contributed by atoms with Gasteiger partial charge in [-0.05, 0) is 41.2 Å². The molecular formula is C35H40O12. The van der Waals surface area contributed by atoms with Crippen LogP contribution in [0, 0.1) is 5.92 Å². The van der Waals surface area contributed by atoms with E-state index in [1.807, 2.05) is 36.4 Å². The number of benzene rings is 3. The summed E-state index contributed by atoms with van der Waals surface area (Å²) in [6.07, 6.45) is -8.60. The lowest BCUT2D eigenvalue weighted by atomic mass is 9.79. The van der Waals surface area contributed by atoms with Crippen molar-refractivity contribution in [3.63, 3.8) is 0 Å². The highest BCUT2D eigenvalue weighted by atomic mass is 16.7. The number of aliphatic hydroxyl groups excluding tert-OH is 4. The van der Waals surface area contributed by atoms with E-state index >= 15 is 0 Å². The summed E-state index contributed by atoms with van der Waals surface area (Å²) >= 11 is 0. The summed E-state index contributed by atoms with van der Waals surface area (Å²) < 4.78 is 36.0. The van der Waals surface area contributed by atoms with E-state index in [4.69, 9.17) is 28.4 Å². The van der Waals surface area contributed by atoms with Crippen molar-refractivity contribution in [2.45, 2.75) is 68.9 Å². The quantitative estimate of drug-likeness (QED) is 0.216. The zero-order valence-electron chi connectivity index (χ0n) is 26.5. The number of hydrogen-bond acceptors (Lipinski definition) is 11. The normalized spacial score (nSPS) is 26.7. The van der Waals surface area contributed by atoms with Gasteiger partial charge in [-0.2, -0.15) is 0 Å². The number of aliphatic carboxylic acids is 1. The Hall–Kier alpha value is -4.07. The molecule has 8 atom stereocenters. The lowest BCUT2D eigenvalue weighted by Crippen LogP contribution is -2.61. The molecule has 12 heteroatoms. The minimum Gasteiger partial charge on any atom is -0.493 e. The van der Waals surface area contributed by atoms with Gasteiger partial charge in [0.05, 0.1) is 26.7 Å². The molecule has 3 aliphatic rings. The van der Waals surface area contributed by atoms with E-state index in [9.17, 15) is 30.3 Å². The molecule has 1 fully saturated rings. The first-order chi connectivity index (χ1) is 22.6. The summed E-state index contributed by atoms with van der Waals surface area (Å²) in [6.45, 7) is 4.38. The van der Waals surface area contributed by atoms with Crippen molar-refractivity contribution in [2.24, 2.45) is 5.92 Å². The van der Waals surface area contributed by atoms with Gasteiger partial charge in [-0.25, -0.2) is 4.79 Å². The number of carboxylic acids is 1. The van der Waals surface area contributed by atoms with E-state index in [0.29, 0.717) is 34.5 Å². The van der Waals surface area contributed by atoms with E-state index in [1.165, 1.54) is 0 Å². The number of carbonyl (C=O) groups is 1. The van der Waals surface area contributed by atoms with Gasteiger partial charge in [0.25, 0.3) is 0 Å². The molecule has 252 valence electrons. The van der Waals surface area contributed by atoms with Crippen LogP contribution in [0.5, 0.6) is 28.7 Å². The Morgan fingerprint density at radius 3 is 2.36 bits per heavy atom. The van der Waals surface area contributed by atoms with E-state index < -0.39 is 42.8 Å².